The van der Waals surface area contributed by atoms with Crippen LogP contribution >= 0.6 is 0 Å². The van der Waals surface area contributed by atoms with E-state index in [9.17, 15) is 0 Å². The summed E-state index contributed by atoms with van der Waals surface area (Å²) >= 11 is 0. The Morgan fingerprint density at radius 1 is 1.05 bits per heavy atom. The molecule has 2 heterocycles. The Kier molecular flexibility index (Phi) is 4.13. The van der Waals surface area contributed by atoms with Crippen LogP contribution in [0.25, 0.3) is 0 Å². The molecular weight excluding hydrogens is 276 g/mol. The van der Waals surface area contributed by atoms with E-state index in [1.807, 2.05) is 25.1 Å². The first kappa shape index (κ1) is 14.6. The first-order valence-corrected chi connectivity index (χ1v) is 7.63. The molecule has 3 rings (SSSR count). The van der Waals surface area contributed by atoms with Crippen molar-refractivity contribution in [1.82, 2.24) is 10.2 Å². The third-order valence-electron chi connectivity index (χ3n) is 4.14. The molecule has 1 saturated heterocycles. The van der Waals surface area contributed by atoms with Crippen molar-refractivity contribution in [1.29, 1.82) is 0 Å². The monoisotopic (exact) mass is 298 g/mol. The van der Waals surface area contributed by atoms with Crippen molar-refractivity contribution in [3.63, 3.8) is 0 Å². The smallest absolute Gasteiger partial charge is 0.151 e. The fourth-order valence-electron chi connectivity index (χ4n) is 2.87. The normalized spacial score (nSPS) is 18.4. The zero-order valence-corrected chi connectivity index (χ0v) is 13.4. The molecule has 22 heavy (non-hydrogen) atoms. The van der Waals surface area contributed by atoms with Crippen LogP contribution < -0.4 is 14.5 Å². The van der Waals surface area contributed by atoms with Crippen molar-refractivity contribution in [2.75, 3.05) is 36.5 Å². The van der Waals surface area contributed by atoms with E-state index in [0.29, 0.717) is 6.04 Å². The maximum atomic E-state index is 5.22. The minimum Gasteiger partial charge on any atom is -0.497 e. The van der Waals surface area contributed by atoms with Crippen LogP contribution in [0.15, 0.2) is 36.4 Å². The maximum Gasteiger partial charge on any atom is 0.151 e. The van der Waals surface area contributed by atoms with Gasteiger partial charge in [-0.05, 0) is 50.2 Å². The lowest BCUT2D eigenvalue weighted by atomic mass is 10.1. The number of anilines is 2. The molecule has 2 aromatic rings. The molecule has 5 nitrogen and oxygen atoms in total. The number of benzene rings is 1. The molecule has 1 aromatic carbocycles. The highest BCUT2D eigenvalue weighted by molar-refractivity contribution is 5.52. The van der Waals surface area contributed by atoms with Crippen LogP contribution in [0.5, 0.6) is 5.75 Å². The number of methoxy groups -OCH3 is 1. The van der Waals surface area contributed by atoms with Gasteiger partial charge in [-0.1, -0.05) is 0 Å². The summed E-state index contributed by atoms with van der Waals surface area (Å²) in [5, 5.41) is 8.48. The van der Waals surface area contributed by atoms with Crippen LogP contribution in [0.2, 0.25) is 0 Å². The highest BCUT2D eigenvalue weighted by atomic mass is 16.5. The summed E-state index contributed by atoms with van der Waals surface area (Å²) in [6, 6.07) is 12.7. The van der Waals surface area contributed by atoms with Crippen molar-refractivity contribution in [2.45, 2.75) is 19.9 Å². The molecule has 0 bridgehead atoms. The van der Waals surface area contributed by atoms with Crippen LogP contribution in [0.1, 0.15) is 12.6 Å². The lowest BCUT2D eigenvalue weighted by Gasteiger charge is -2.41. The Bertz CT molecular complexity index is 612. The molecule has 0 unspecified atom stereocenters. The van der Waals surface area contributed by atoms with Gasteiger partial charge in [-0.3, -0.25) is 0 Å². The molecule has 1 atom stereocenters. The second kappa shape index (κ2) is 6.22. The van der Waals surface area contributed by atoms with Crippen molar-refractivity contribution >= 4 is 11.5 Å². The van der Waals surface area contributed by atoms with E-state index in [1.54, 1.807) is 7.11 Å². The van der Waals surface area contributed by atoms with Gasteiger partial charge in [-0.2, -0.15) is 5.10 Å². The first-order valence-electron chi connectivity index (χ1n) is 7.63. The Morgan fingerprint density at radius 3 is 2.41 bits per heavy atom. The van der Waals surface area contributed by atoms with Gasteiger partial charge in [0.05, 0.1) is 12.8 Å². The highest BCUT2D eigenvalue weighted by Gasteiger charge is 2.25. The highest BCUT2D eigenvalue weighted by Crippen LogP contribution is 2.24. The molecule has 0 N–H and O–H groups in total. The van der Waals surface area contributed by atoms with Gasteiger partial charge in [-0.25, -0.2) is 0 Å². The van der Waals surface area contributed by atoms with Crippen LogP contribution in [-0.2, 0) is 0 Å². The number of piperazine rings is 1. The molecule has 0 amide bonds. The summed E-state index contributed by atoms with van der Waals surface area (Å²) in [6.45, 7) is 7.10. The summed E-state index contributed by atoms with van der Waals surface area (Å²) in [5.74, 6) is 1.86. The molecule has 1 fully saturated rings. The number of ether oxygens (including phenoxy) is 1. The summed E-state index contributed by atoms with van der Waals surface area (Å²) in [6.07, 6.45) is 0. The molecule has 1 aromatic heterocycles. The van der Waals surface area contributed by atoms with Crippen LogP contribution in [0, 0.1) is 6.92 Å². The van der Waals surface area contributed by atoms with Crippen LogP contribution in [-0.4, -0.2) is 43.0 Å². The third-order valence-corrected chi connectivity index (χ3v) is 4.14. The van der Waals surface area contributed by atoms with Gasteiger partial charge in [0.25, 0.3) is 0 Å². The second-order valence-corrected chi connectivity index (χ2v) is 5.72. The quantitative estimate of drug-likeness (QED) is 0.871. The molecule has 5 heteroatoms. The number of aromatic nitrogens is 2. The zero-order chi connectivity index (χ0) is 15.5. The van der Waals surface area contributed by atoms with E-state index in [2.05, 4.69) is 45.1 Å². The summed E-state index contributed by atoms with van der Waals surface area (Å²) in [5.41, 5.74) is 2.19. The van der Waals surface area contributed by atoms with Gasteiger partial charge in [0, 0.05) is 31.4 Å². The third kappa shape index (κ3) is 2.98. The minimum absolute atomic E-state index is 0.396. The van der Waals surface area contributed by atoms with E-state index in [4.69, 9.17) is 4.74 Å². The SMILES string of the molecule is COc1ccc(N2CCN(c3ccc(C)nn3)[C@@H](C)C2)cc1. The standard InChI is InChI=1S/C17H22N4O/c1-13-4-9-17(19-18-13)21-11-10-20(12-14(21)2)15-5-7-16(22-3)8-6-15/h4-9,14H,10-12H2,1-3H3/t14-/m0/s1. The average Bonchev–Trinajstić information content (AvgIpc) is 2.56. The Labute approximate surface area is 131 Å². The summed E-state index contributed by atoms with van der Waals surface area (Å²) in [7, 11) is 1.69. The van der Waals surface area contributed by atoms with E-state index in [1.165, 1.54) is 5.69 Å². The van der Waals surface area contributed by atoms with E-state index < -0.39 is 0 Å². The largest absolute Gasteiger partial charge is 0.497 e. The predicted octanol–water partition coefficient (Wildman–Crippen LogP) is 2.51. The summed E-state index contributed by atoms with van der Waals surface area (Å²) in [4.78, 5) is 4.73. The lowest BCUT2D eigenvalue weighted by molar-refractivity contribution is 0.414. The van der Waals surface area contributed by atoms with Gasteiger partial charge in [0.2, 0.25) is 0 Å². The van der Waals surface area contributed by atoms with E-state index in [-0.39, 0.29) is 0 Å². The number of hydrogen-bond acceptors (Lipinski definition) is 5. The molecule has 1 aliphatic rings. The first-order chi connectivity index (χ1) is 10.7. The van der Waals surface area contributed by atoms with Gasteiger partial charge < -0.3 is 14.5 Å². The van der Waals surface area contributed by atoms with Crippen molar-refractivity contribution in [3.8, 4) is 5.75 Å². The maximum absolute atomic E-state index is 5.22. The summed E-state index contributed by atoms with van der Waals surface area (Å²) < 4.78 is 5.22. The topological polar surface area (TPSA) is 41.5 Å². The van der Waals surface area contributed by atoms with Crippen molar-refractivity contribution in [3.05, 3.63) is 42.1 Å². The van der Waals surface area contributed by atoms with Crippen molar-refractivity contribution in [2.24, 2.45) is 0 Å². The molecule has 0 saturated carbocycles. The predicted molar refractivity (Wildman–Crippen MR) is 88.8 cm³/mol. The Morgan fingerprint density at radius 2 is 1.82 bits per heavy atom. The van der Waals surface area contributed by atoms with Gasteiger partial charge in [0.15, 0.2) is 5.82 Å². The van der Waals surface area contributed by atoms with Gasteiger partial charge >= 0.3 is 0 Å². The Hall–Kier alpha value is -2.30. The molecule has 0 spiro atoms. The van der Waals surface area contributed by atoms with E-state index in [0.717, 1.165) is 36.9 Å². The Balaban J connectivity index is 1.70. The number of aryl methyl sites for hydroxylation is 1. The molecular formula is C17H22N4O. The molecule has 0 aliphatic carbocycles. The van der Waals surface area contributed by atoms with Gasteiger partial charge in [0.1, 0.15) is 5.75 Å². The molecule has 1 aliphatic heterocycles. The number of hydrogen-bond donors (Lipinski definition) is 0. The van der Waals surface area contributed by atoms with Crippen molar-refractivity contribution < 1.29 is 4.74 Å². The average molecular weight is 298 g/mol. The fraction of sp³-hybridized carbons (Fsp3) is 0.412. The van der Waals surface area contributed by atoms with Gasteiger partial charge in [-0.15, -0.1) is 5.10 Å². The van der Waals surface area contributed by atoms with Crippen LogP contribution in [0.4, 0.5) is 11.5 Å². The van der Waals surface area contributed by atoms with Crippen LogP contribution in [0.3, 0.4) is 0 Å². The fourth-order valence-corrected chi connectivity index (χ4v) is 2.87. The second-order valence-electron chi connectivity index (χ2n) is 5.72. The number of rotatable bonds is 3. The lowest BCUT2D eigenvalue weighted by Crippen LogP contribution is -2.52. The zero-order valence-electron chi connectivity index (χ0n) is 13.4. The van der Waals surface area contributed by atoms with E-state index >= 15 is 0 Å². The number of nitrogens with zero attached hydrogens (tertiary/aromatic N) is 4. The molecule has 116 valence electrons. The minimum atomic E-state index is 0.396. The molecule has 0 radical (unpaired) electrons.